The van der Waals surface area contributed by atoms with Gasteiger partial charge in [-0.05, 0) is 35.9 Å². The maximum Gasteiger partial charge on any atom is 0.346 e. The molecule has 0 saturated carbocycles. The van der Waals surface area contributed by atoms with E-state index in [0.717, 1.165) is 0 Å². The van der Waals surface area contributed by atoms with Gasteiger partial charge < -0.3 is 15.3 Å². The van der Waals surface area contributed by atoms with Gasteiger partial charge in [0.2, 0.25) is 0 Å². The van der Waals surface area contributed by atoms with Crippen LogP contribution < -0.4 is 15.3 Å². The number of ether oxygens (including phenoxy) is 2. The highest BCUT2D eigenvalue weighted by atomic mass is 19.1. The molecule has 0 aliphatic heterocycles. The van der Waals surface area contributed by atoms with Crippen molar-refractivity contribution in [2.75, 3.05) is 7.11 Å². The number of halogens is 1. The Hall–Kier alpha value is -2.89. The predicted molar refractivity (Wildman–Crippen MR) is 76.1 cm³/mol. The molecule has 0 aliphatic rings. The summed E-state index contributed by atoms with van der Waals surface area (Å²) < 4.78 is 23.8. The maximum atomic E-state index is 13.5. The summed E-state index contributed by atoms with van der Waals surface area (Å²) in [4.78, 5) is 11.9. The number of benzene rings is 2. The van der Waals surface area contributed by atoms with Crippen molar-refractivity contribution in [3.05, 3.63) is 59.4 Å². The number of nitrogens with two attached hydrogens (primary N) is 1. The van der Waals surface area contributed by atoms with Crippen molar-refractivity contribution in [3.63, 3.8) is 0 Å². The smallest absolute Gasteiger partial charge is 0.346 e. The highest BCUT2D eigenvalue weighted by molar-refractivity contribution is 5.91. The summed E-state index contributed by atoms with van der Waals surface area (Å²) in [5.74, 6) is 4.12. The van der Waals surface area contributed by atoms with Crippen LogP contribution in [0.1, 0.15) is 15.9 Å². The summed E-state index contributed by atoms with van der Waals surface area (Å²) in [6.07, 6.45) is 1.42. The van der Waals surface area contributed by atoms with Gasteiger partial charge in [0, 0.05) is 0 Å². The molecule has 0 aliphatic carbocycles. The second-order valence-electron chi connectivity index (χ2n) is 4.06. The number of esters is 1. The molecule has 0 fully saturated rings. The van der Waals surface area contributed by atoms with Gasteiger partial charge in [0.15, 0.2) is 11.5 Å². The van der Waals surface area contributed by atoms with Crippen LogP contribution in [0.4, 0.5) is 4.39 Å². The van der Waals surface area contributed by atoms with Crippen molar-refractivity contribution in [1.29, 1.82) is 0 Å². The number of nitrogens with zero attached hydrogens (tertiary/aromatic N) is 1. The molecule has 6 heteroatoms. The molecule has 108 valence electrons. The lowest BCUT2D eigenvalue weighted by atomic mass is 10.2. The summed E-state index contributed by atoms with van der Waals surface area (Å²) in [6.45, 7) is 0. The Labute approximate surface area is 120 Å². The minimum Gasteiger partial charge on any atom is -0.493 e. The van der Waals surface area contributed by atoms with Gasteiger partial charge in [0.25, 0.3) is 0 Å². The molecule has 21 heavy (non-hydrogen) atoms. The van der Waals surface area contributed by atoms with Crippen LogP contribution in [0.2, 0.25) is 0 Å². The van der Waals surface area contributed by atoms with E-state index in [1.54, 1.807) is 18.2 Å². The minimum atomic E-state index is -0.799. The van der Waals surface area contributed by atoms with E-state index in [9.17, 15) is 9.18 Å². The molecule has 0 heterocycles. The van der Waals surface area contributed by atoms with Gasteiger partial charge >= 0.3 is 5.97 Å². The zero-order valence-corrected chi connectivity index (χ0v) is 11.2. The van der Waals surface area contributed by atoms with Crippen molar-refractivity contribution < 1.29 is 18.7 Å². The summed E-state index contributed by atoms with van der Waals surface area (Å²) >= 11 is 0. The van der Waals surface area contributed by atoms with Crippen molar-refractivity contribution >= 4 is 12.2 Å². The Morgan fingerprint density at radius 1 is 1.24 bits per heavy atom. The normalized spacial score (nSPS) is 10.6. The Morgan fingerprint density at radius 2 is 2.00 bits per heavy atom. The molecular weight excluding hydrogens is 275 g/mol. The summed E-state index contributed by atoms with van der Waals surface area (Å²) in [7, 11) is 1.43. The fraction of sp³-hybridized carbons (Fsp3) is 0.0667. The monoisotopic (exact) mass is 288 g/mol. The number of methoxy groups -OCH3 is 1. The number of carbonyl (C=O) groups excluding carboxylic acids is 1. The molecule has 0 atom stereocenters. The van der Waals surface area contributed by atoms with Crippen LogP contribution in [0.15, 0.2) is 47.6 Å². The zero-order chi connectivity index (χ0) is 15.2. The molecule has 0 amide bonds. The third-order valence-electron chi connectivity index (χ3n) is 2.71. The topological polar surface area (TPSA) is 73.9 Å². The van der Waals surface area contributed by atoms with Gasteiger partial charge in [-0.3, -0.25) is 0 Å². The molecule has 5 nitrogen and oxygen atoms in total. The average molecular weight is 288 g/mol. The summed E-state index contributed by atoms with van der Waals surface area (Å²) in [6, 6.07) is 10.3. The fourth-order valence-electron chi connectivity index (χ4n) is 1.72. The van der Waals surface area contributed by atoms with Crippen LogP contribution in [0.3, 0.4) is 0 Å². The standard InChI is InChI=1S/C15H13FN2O3/c1-20-14-8-10(9-18-17)6-7-13(14)21-15(19)11-4-2-3-5-12(11)16/h2-9H,17H2,1H3/b18-9-. The summed E-state index contributed by atoms with van der Waals surface area (Å²) in [5.41, 5.74) is 0.534. The third kappa shape index (κ3) is 3.36. The first-order chi connectivity index (χ1) is 10.2. The predicted octanol–water partition coefficient (Wildman–Crippen LogP) is 2.35. The van der Waals surface area contributed by atoms with E-state index in [0.29, 0.717) is 11.3 Å². The van der Waals surface area contributed by atoms with Gasteiger partial charge in [-0.25, -0.2) is 9.18 Å². The van der Waals surface area contributed by atoms with E-state index >= 15 is 0 Å². The number of hydrazone groups is 1. The van der Waals surface area contributed by atoms with E-state index in [-0.39, 0.29) is 11.3 Å². The van der Waals surface area contributed by atoms with E-state index in [4.69, 9.17) is 15.3 Å². The maximum absolute atomic E-state index is 13.5. The lowest BCUT2D eigenvalue weighted by molar-refractivity contribution is 0.0725. The van der Waals surface area contributed by atoms with Gasteiger partial charge in [-0.15, -0.1) is 0 Å². The highest BCUT2D eigenvalue weighted by Gasteiger charge is 2.15. The molecule has 2 N–H and O–H groups in total. The van der Waals surface area contributed by atoms with E-state index < -0.39 is 11.8 Å². The van der Waals surface area contributed by atoms with Gasteiger partial charge in [-0.2, -0.15) is 5.10 Å². The first-order valence-corrected chi connectivity index (χ1v) is 6.03. The highest BCUT2D eigenvalue weighted by Crippen LogP contribution is 2.28. The van der Waals surface area contributed by atoms with Crippen molar-refractivity contribution in [2.45, 2.75) is 0 Å². The van der Waals surface area contributed by atoms with Crippen LogP contribution in [-0.2, 0) is 0 Å². The van der Waals surface area contributed by atoms with Gasteiger partial charge in [-0.1, -0.05) is 12.1 Å². The molecule has 0 radical (unpaired) electrons. The SMILES string of the molecule is COc1cc(/C=N\N)ccc1OC(=O)c1ccccc1F. The van der Waals surface area contributed by atoms with Crippen LogP contribution in [0.25, 0.3) is 0 Å². The van der Waals surface area contributed by atoms with Gasteiger partial charge in [0.1, 0.15) is 5.82 Å². The van der Waals surface area contributed by atoms with Crippen LogP contribution in [-0.4, -0.2) is 19.3 Å². The lowest BCUT2D eigenvalue weighted by Crippen LogP contribution is -2.11. The Bertz CT molecular complexity index is 686. The summed E-state index contributed by atoms with van der Waals surface area (Å²) in [5, 5.41) is 3.39. The minimum absolute atomic E-state index is 0.146. The second kappa shape index (κ2) is 6.51. The van der Waals surface area contributed by atoms with Crippen LogP contribution >= 0.6 is 0 Å². The Balaban J connectivity index is 2.27. The molecule has 0 unspecified atom stereocenters. The first kappa shape index (κ1) is 14.5. The lowest BCUT2D eigenvalue weighted by Gasteiger charge is -2.10. The molecule has 0 spiro atoms. The average Bonchev–Trinajstić information content (AvgIpc) is 2.49. The number of carbonyl (C=O) groups is 1. The number of hydrogen-bond donors (Lipinski definition) is 1. The Kier molecular flexibility index (Phi) is 4.50. The molecule has 0 saturated heterocycles. The molecule has 2 aromatic carbocycles. The van der Waals surface area contributed by atoms with Gasteiger partial charge in [0.05, 0.1) is 18.9 Å². The van der Waals surface area contributed by atoms with E-state index in [1.807, 2.05) is 0 Å². The molecule has 0 aromatic heterocycles. The van der Waals surface area contributed by atoms with Crippen molar-refractivity contribution in [3.8, 4) is 11.5 Å². The molecule has 2 aromatic rings. The molecule has 2 rings (SSSR count). The van der Waals surface area contributed by atoms with E-state index in [1.165, 1.54) is 37.6 Å². The molecule has 0 bridgehead atoms. The largest absolute Gasteiger partial charge is 0.493 e. The Morgan fingerprint density at radius 3 is 2.67 bits per heavy atom. The van der Waals surface area contributed by atoms with Crippen molar-refractivity contribution in [1.82, 2.24) is 0 Å². The molecular formula is C15H13FN2O3. The fourth-order valence-corrected chi connectivity index (χ4v) is 1.72. The van der Waals surface area contributed by atoms with Crippen molar-refractivity contribution in [2.24, 2.45) is 10.9 Å². The second-order valence-corrected chi connectivity index (χ2v) is 4.06. The van der Waals surface area contributed by atoms with Crippen LogP contribution in [0, 0.1) is 5.82 Å². The zero-order valence-electron chi connectivity index (χ0n) is 11.2. The third-order valence-corrected chi connectivity index (χ3v) is 2.71. The number of rotatable bonds is 4. The first-order valence-electron chi connectivity index (χ1n) is 6.03. The van der Waals surface area contributed by atoms with Crippen LogP contribution in [0.5, 0.6) is 11.5 Å². The quantitative estimate of drug-likeness (QED) is 0.308. The van der Waals surface area contributed by atoms with E-state index in [2.05, 4.69) is 5.10 Å². The number of hydrogen-bond acceptors (Lipinski definition) is 5.